The Morgan fingerprint density at radius 1 is 1.72 bits per heavy atom. The van der Waals surface area contributed by atoms with Gasteiger partial charge in [-0.05, 0) is 12.1 Å². The largest absolute Gasteiger partial charge is 0.467 e. The average molecular weight is 247 g/mol. The summed E-state index contributed by atoms with van der Waals surface area (Å²) in [5, 5.41) is 8.84. The summed E-state index contributed by atoms with van der Waals surface area (Å²) >= 11 is 0. The highest BCUT2D eigenvalue weighted by molar-refractivity contribution is 5.75. The molecule has 1 atom stereocenters. The van der Waals surface area contributed by atoms with Crippen molar-refractivity contribution in [2.75, 3.05) is 31.7 Å². The van der Waals surface area contributed by atoms with Crippen LogP contribution < -0.4 is 4.90 Å². The van der Waals surface area contributed by atoms with Crippen LogP contribution in [0.15, 0.2) is 18.3 Å². The molecule has 0 bridgehead atoms. The zero-order valence-corrected chi connectivity index (χ0v) is 10.00. The van der Waals surface area contributed by atoms with Crippen molar-refractivity contribution in [1.82, 2.24) is 4.98 Å². The molecule has 1 aliphatic rings. The molecule has 0 aromatic carbocycles. The third-order valence-electron chi connectivity index (χ3n) is 2.73. The molecule has 1 aromatic rings. The summed E-state index contributed by atoms with van der Waals surface area (Å²) in [6.07, 6.45) is 0.979. The van der Waals surface area contributed by atoms with Gasteiger partial charge >= 0.3 is 5.97 Å². The minimum atomic E-state index is -0.601. The van der Waals surface area contributed by atoms with E-state index in [4.69, 9.17) is 10.00 Å². The SMILES string of the molecule is COC(=O)C1CN(c2cc(C#N)ccn2)CCO1. The second-order valence-electron chi connectivity index (χ2n) is 3.84. The van der Waals surface area contributed by atoms with Crippen LogP contribution in [0.1, 0.15) is 5.56 Å². The van der Waals surface area contributed by atoms with Crippen LogP contribution in [-0.4, -0.2) is 43.9 Å². The summed E-state index contributed by atoms with van der Waals surface area (Å²) in [6.45, 7) is 1.45. The van der Waals surface area contributed by atoms with Crippen molar-refractivity contribution in [2.24, 2.45) is 0 Å². The summed E-state index contributed by atoms with van der Waals surface area (Å²) in [6, 6.07) is 5.40. The first-order chi connectivity index (χ1) is 8.74. The molecule has 6 heteroatoms. The number of rotatable bonds is 2. The predicted molar refractivity (Wildman–Crippen MR) is 62.9 cm³/mol. The van der Waals surface area contributed by atoms with E-state index in [1.807, 2.05) is 4.90 Å². The molecule has 1 saturated heterocycles. The maximum absolute atomic E-state index is 11.4. The van der Waals surface area contributed by atoms with E-state index in [-0.39, 0.29) is 0 Å². The van der Waals surface area contributed by atoms with Gasteiger partial charge < -0.3 is 14.4 Å². The Kier molecular flexibility index (Phi) is 3.75. The van der Waals surface area contributed by atoms with Crippen molar-refractivity contribution < 1.29 is 14.3 Å². The molecule has 94 valence electrons. The number of pyridine rings is 1. The van der Waals surface area contributed by atoms with Crippen LogP contribution in [0.4, 0.5) is 5.82 Å². The number of carbonyl (C=O) groups is 1. The van der Waals surface area contributed by atoms with Gasteiger partial charge in [0.1, 0.15) is 5.82 Å². The van der Waals surface area contributed by atoms with Crippen molar-refractivity contribution in [3.8, 4) is 6.07 Å². The van der Waals surface area contributed by atoms with E-state index in [9.17, 15) is 4.79 Å². The fourth-order valence-corrected chi connectivity index (χ4v) is 1.79. The van der Waals surface area contributed by atoms with Gasteiger partial charge in [0.05, 0.1) is 31.9 Å². The Balaban J connectivity index is 2.13. The van der Waals surface area contributed by atoms with Gasteiger partial charge in [0, 0.05) is 12.7 Å². The number of esters is 1. The Hall–Kier alpha value is -2.13. The van der Waals surface area contributed by atoms with Crippen molar-refractivity contribution in [2.45, 2.75) is 6.10 Å². The highest BCUT2D eigenvalue weighted by atomic mass is 16.6. The second-order valence-corrected chi connectivity index (χ2v) is 3.84. The number of aromatic nitrogens is 1. The van der Waals surface area contributed by atoms with Gasteiger partial charge in [0.2, 0.25) is 0 Å². The van der Waals surface area contributed by atoms with Crippen LogP contribution in [-0.2, 0) is 14.3 Å². The zero-order valence-electron chi connectivity index (χ0n) is 10.00. The zero-order chi connectivity index (χ0) is 13.0. The standard InChI is InChI=1S/C12H13N3O3/c1-17-12(16)10-8-15(4-5-18-10)11-6-9(7-13)2-3-14-11/h2-3,6,10H,4-5,8H2,1H3. The van der Waals surface area contributed by atoms with Crippen molar-refractivity contribution in [3.05, 3.63) is 23.9 Å². The molecule has 0 N–H and O–H groups in total. The summed E-state index contributed by atoms with van der Waals surface area (Å²) < 4.78 is 9.99. The quantitative estimate of drug-likeness (QED) is 0.701. The molecule has 0 radical (unpaired) electrons. The van der Waals surface area contributed by atoms with E-state index in [1.54, 1.807) is 18.3 Å². The normalized spacial score (nSPS) is 19.1. The van der Waals surface area contributed by atoms with E-state index >= 15 is 0 Å². The van der Waals surface area contributed by atoms with Gasteiger partial charge in [-0.2, -0.15) is 5.26 Å². The molecule has 0 aliphatic carbocycles. The van der Waals surface area contributed by atoms with Crippen LogP contribution in [0, 0.1) is 11.3 Å². The number of carbonyl (C=O) groups excluding carboxylic acids is 1. The van der Waals surface area contributed by atoms with Gasteiger partial charge in [-0.1, -0.05) is 0 Å². The first kappa shape index (κ1) is 12.3. The molecular formula is C12H13N3O3. The van der Waals surface area contributed by atoms with Gasteiger partial charge in [0.15, 0.2) is 6.10 Å². The molecule has 0 amide bonds. The number of ether oxygens (including phenoxy) is 2. The highest BCUT2D eigenvalue weighted by Crippen LogP contribution is 2.16. The van der Waals surface area contributed by atoms with E-state index < -0.39 is 12.1 Å². The molecule has 2 heterocycles. The van der Waals surface area contributed by atoms with Crippen LogP contribution in [0.25, 0.3) is 0 Å². The van der Waals surface area contributed by atoms with E-state index in [0.717, 1.165) is 0 Å². The fourth-order valence-electron chi connectivity index (χ4n) is 1.79. The van der Waals surface area contributed by atoms with Gasteiger partial charge in [0.25, 0.3) is 0 Å². The second kappa shape index (κ2) is 5.47. The molecule has 6 nitrogen and oxygen atoms in total. The lowest BCUT2D eigenvalue weighted by atomic mass is 10.2. The maximum Gasteiger partial charge on any atom is 0.336 e. The average Bonchev–Trinajstić information content (AvgIpc) is 2.46. The molecule has 1 unspecified atom stereocenters. The monoisotopic (exact) mass is 247 g/mol. The molecule has 1 aliphatic heterocycles. The summed E-state index contributed by atoms with van der Waals surface area (Å²) in [5.74, 6) is 0.280. The number of methoxy groups -OCH3 is 1. The minimum absolute atomic E-state index is 0.383. The molecule has 1 fully saturated rings. The number of nitrogens with zero attached hydrogens (tertiary/aromatic N) is 3. The van der Waals surface area contributed by atoms with Gasteiger partial charge in [-0.15, -0.1) is 0 Å². The molecule has 2 rings (SSSR count). The first-order valence-electron chi connectivity index (χ1n) is 5.55. The van der Waals surface area contributed by atoms with Crippen LogP contribution in [0.5, 0.6) is 0 Å². The number of hydrogen-bond donors (Lipinski definition) is 0. The van der Waals surface area contributed by atoms with Crippen LogP contribution >= 0.6 is 0 Å². The van der Waals surface area contributed by atoms with Crippen molar-refractivity contribution in [3.63, 3.8) is 0 Å². The maximum atomic E-state index is 11.4. The van der Waals surface area contributed by atoms with Crippen LogP contribution in [0.2, 0.25) is 0 Å². The smallest absolute Gasteiger partial charge is 0.336 e. The lowest BCUT2D eigenvalue weighted by Crippen LogP contribution is -2.46. The summed E-state index contributed by atoms with van der Waals surface area (Å²) in [5.41, 5.74) is 0.543. The minimum Gasteiger partial charge on any atom is -0.467 e. The lowest BCUT2D eigenvalue weighted by Gasteiger charge is -2.32. The molecule has 18 heavy (non-hydrogen) atoms. The summed E-state index contributed by atoms with van der Waals surface area (Å²) in [4.78, 5) is 17.5. The molecular weight excluding hydrogens is 234 g/mol. The van der Waals surface area contributed by atoms with Crippen molar-refractivity contribution in [1.29, 1.82) is 5.26 Å². The van der Waals surface area contributed by atoms with E-state index in [2.05, 4.69) is 15.8 Å². The van der Waals surface area contributed by atoms with Gasteiger partial charge in [-0.25, -0.2) is 9.78 Å². The fraction of sp³-hybridized carbons (Fsp3) is 0.417. The van der Waals surface area contributed by atoms with Crippen LogP contribution in [0.3, 0.4) is 0 Å². The third-order valence-corrected chi connectivity index (χ3v) is 2.73. The molecule has 0 saturated carbocycles. The number of hydrogen-bond acceptors (Lipinski definition) is 6. The highest BCUT2D eigenvalue weighted by Gasteiger charge is 2.28. The van der Waals surface area contributed by atoms with E-state index in [0.29, 0.717) is 31.1 Å². The number of nitriles is 1. The number of morpholine rings is 1. The van der Waals surface area contributed by atoms with E-state index in [1.165, 1.54) is 7.11 Å². The van der Waals surface area contributed by atoms with Crippen molar-refractivity contribution >= 4 is 11.8 Å². The lowest BCUT2D eigenvalue weighted by molar-refractivity contribution is -0.154. The number of anilines is 1. The molecule has 0 spiro atoms. The Morgan fingerprint density at radius 3 is 3.28 bits per heavy atom. The molecule has 1 aromatic heterocycles. The predicted octanol–water partition coefficient (Wildman–Crippen LogP) is 0.331. The third kappa shape index (κ3) is 2.57. The Labute approximate surface area is 105 Å². The Morgan fingerprint density at radius 2 is 2.56 bits per heavy atom. The summed E-state index contributed by atoms with van der Waals surface area (Å²) in [7, 11) is 1.33. The Bertz CT molecular complexity index is 484. The topological polar surface area (TPSA) is 75.5 Å². The van der Waals surface area contributed by atoms with Gasteiger partial charge in [-0.3, -0.25) is 0 Å². The first-order valence-corrected chi connectivity index (χ1v) is 5.55.